The second-order valence-corrected chi connectivity index (χ2v) is 6.19. The van der Waals surface area contributed by atoms with Crippen LogP contribution >= 0.6 is 0 Å². The van der Waals surface area contributed by atoms with E-state index in [-0.39, 0.29) is 17.5 Å². The molecule has 1 aliphatic carbocycles. The van der Waals surface area contributed by atoms with E-state index < -0.39 is 11.6 Å². The van der Waals surface area contributed by atoms with Gasteiger partial charge in [-0.2, -0.15) is 0 Å². The van der Waals surface area contributed by atoms with Crippen molar-refractivity contribution in [3.8, 4) is 0 Å². The second kappa shape index (κ2) is 5.74. The number of anilines is 1. The standard InChI is InChI=1S/C19H16F2N2O/c20-15-7-6-12(10-16(15)21)22-19(24)11-5-8-18-14(9-11)13-3-1-2-4-17(13)23-18/h1-4,6-7,10-11,23H,5,8-9H2,(H,22,24). The molecule has 0 saturated heterocycles. The van der Waals surface area contributed by atoms with Gasteiger partial charge >= 0.3 is 0 Å². The van der Waals surface area contributed by atoms with E-state index in [1.54, 1.807) is 0 Å². The van der Waals surface area contributed by atoms with Crippen molar-refractivity contribution < 1.29 is 13.6 Å². The summed E-state index contributed by atoms with van der Waals surface area (Å²) in [5, 5.41) is 3.85. The van der Waals surface area contributed by atoms with Crippen molar-refractivity contribution in [2.24, 2.45) is 5.92 Å². The van der Waals surface area contributed by atoms with Crippen LogP contribution in [0.3, 0.4) is 0 Å². The van der Waals surface area contributed by atoms with Gasteiger partial charge in [-0.25, -0.2) is 8.78 Å². The highest BCUT2D eigenvalue weighted by molar-refractivity contribution is 5.94. The van der Waals surface area contributed by atoms with Gasteiger partial charge in [-0.1, -0.05) is 18.2 Å². The Bertz CT molecular complexity index is 932. The lowest BCUT2D eigenvalue weighted by Crippen LogP contribution is -2.28. The average molecular weight is 326 g/mol. The Balaban J connectivity index is 1.55. The Kier molecular flexibility index (Phi) is 3.56. The van der Waals surface area contributed by atoms with E-state index in [9.17, 15) is 13.6 Å². The van der Waals surface area contributed by atoms with E-state index in [0.717, 1.165) is 35.9 Å². The molecule has 3 nitrogen and oxygen atoms in total. The van der Waals surface area contributed by atoms with E-state index in [2.05, 4.69) is 16.4 Å². The van der Waals surface area contributed by atoms with Crippen molar-refractivity contribution in [3.05, 3.63) is 65.4 Å². The van der Waals surface area contributed by atoms with E-state index in [0.29, 0.717) is 6.42 Å². The van der Waals surface area contributed by atoms with Crippen molar-refractivity contribution >= 4 is 22.5 Å². The summed E-state index contributed by atoms with van der Waals surface area (Å²) in [6.45, 7) is 0. The van der Waals surface area contributed by atoms with Crippen LogP contribution in [-0.2, 0) is 17.6 Å². The lowest BCUT2D eigenvalue weighted by molar-refractivity contribution is -0.120. The molecular weight excluding hydrogens is 310 g/mol. The Hall–Kier alpha value is -2.69. The second-order valence-electron chi connectivity index (χ2n) is 6.19. The van der Waals surface area contributed by atoms with Gasteiger partial charge in [-0.3, -0.25) is 4.79 Å². The first-order valence-corrected chi connectivity index (χ1v) is 7.96. The minimum Gasteiger partial charge on any atom is -0.358 e. The summed E-state index contributed by atoms with van der Waals surface area (Å²) in [6.07, 6.45) is 2.18. The number of carbonyl (C=O) groups excluding carboxylic acids is 1. The van der Waals surface area contributed by atoms with E-state index in [4.69, 9.17) is 0 Å². The third-order valence-corrected chi connectivity index (χ3v) is 4.65. The van der Waals surface area contributed by atoms with Gasteiger partial charge in [0.1, 0.15) is 0 Å². The van der Waals surface area contributed by atoms with Crippen LogP contribution in [0.5, 0.6) is 0 Å². The molecule has 4 rings (SSSR count). The summed E-state index contributed by atoms with van der Waals surface area (Å²) in [5.74, 6) is -2.22. The SMILES string of the molecule is O=C(Nc1ccc(F)c(F)c1)C1CCc2[nH]c3ccccc3c2C1. The van der Waals surface area contributed by atoms with Crippen LogP contribution in [0, 0.1) is 17.6 Å². The summed E-state index contributed by atoms with van der Waals surface area (Å²) < 4.78 is 26.2. The van der Waals surface area contributed by atoms with Crippen LogP contribution in [0.2, 0.25) is 0 Å². The number of aryl methyl sites for hydroxylation is 1. The smallest absolute Gasteiger partial charge is 0.227 e. The van der Waals surface area contributed by atoms with Crippen molar-refractivity contribution in [1.29, 1.82) is 0 Å². The summed E-state index contributed by atoms with van der Waals surface area (Å²) in [7, 11) is 0. The maximum absolute atomic E-state index is 13.3. The molecule has 1 unspecified atom stereocenters. The number of aromatic amines is 1. The van der Waals surface area contributed by atoms with E-state index in [1.165, 1.54) is 17.3 Å². The average Bonchev–Trinajstić information content (AvgIpc) is 2.96. The van der Waals surface area contributed by atoms with Crippen LogP contribution in [0.1, 0.15) is 17.7 Å². The van der Waals surface area contributed by atoms with Crippen LogP contribution in [0.4, 0.5) is 14.5 Å². The Morgan fingerprint density at radius 1 is 1.12 bits per heavy atom. The van der Waals surface area contributed by atoms with Crippen molar-refractivity contribution in [2.75, 3.05) is 5.32 Å². The van der Waals surface area contributed by atoms with Crippen molar-refractivity contribution in [1.82, 2.24) is 4.98 Å². The Labute approximate surface area is 137 Å². The highest BCUT2D eigenvalue weighted by atomic mass is 19.2. The van der Waals surface area contributed by atoms with Crippen LogP contribution < -0.4 is 5.32 Å². The maximum Gasteiger partial charge on any atom is 0.227 e. The summed E-state index contributed by atoms with van der Waals surface area (Å²) in [4.78, 5) is 15.9. The van der Waals surface area contributed by atoms with Gasteiger partial charge in [0.05, 0.1) is 0 Å². The number of hydrogen-bond donors (Lipinski definition) is 2. The lowest BCUT2D eigenvalue weighted by Gasteiger charge is -2.22. The van der Waals surface area contributed by atoms with Gasteiger partial charge in [-0.05, 0) is 43.0 Å². The molecule has 3 aromatic rings. The molecule has 0 aliphatic heterocycles. The molecule has 0 bridgehead atoms. The van der Waals surface area contributed by atoms with Gasteiger partial charge in [-0.15, -0.1) is 0 Å². The number of hydrogen-bond acceptors (Lipinski definition) is 1. The molecule has 0 radical (unpaired) electrons. The minimum atomic E-state index is -0.963. The minimum absolute atomic E-state index is 0.156. The molecule has 1 aromatic heterocycles. The zero-order valence-electron chi connectivity index (χ0n) is 12.9. The normalized spacial score (nSPS) is 16.8. The number of para-hydroxylation sites is 1. The Morgan fingerprint density at radius 2 is 1.96 bits per heavy atom. The third kappa shape index (κ3) is 2.56. The molecule has 1 amide bonds. The number of benzene rings is 2. The highest BCUT2D eigenvalue weighted by Crippen LogP contribution is 2.32. The van der Waals surface area contributed by atoms with Gasteiger partial charge in [0.15, 0.2) is 11.6 Å². The fourth-order valence-electron chi connectivity index (χ4n) is 3.41. The molecule has 1 heterocycles. The predicted molar refractivity (Wildman–Crippen MR) is 88.8 cm³/mol. The first kappa shape index (κ1) is 14.9. The van der Waals surface area contributed by atoms with Gasteiger partial charge < -0.3 is 10.3 Å². The largest absolute Gasteiger partial charge is 0.358 e. The number of nitrogens with one attached hydrogen (secondary N) is 2. The quantitative estimate of drug-likeness (QED) is 0.729. The number of H-pyrrole nitrogens is 1. The Morgan fingerprint density at radius 3 is 2.79 bits per heavy atom. The number of amides is 1. The maximum atomic E-state index is 13.3. The molecule has 0 spiro atoms. The fraction of sp³-hybridized carbons (Fsp3) is 0.211. The molecule has 1 aliphatic rings. The summed E-state index contributed by atoms with van der Waals surface area (Å²) >= 11 is 0. The predicted octanol–water partition coefficient (Wildman–Crippen LogP) is 4.19. The van der Waals surface area contributed by atoms with Crippen LogP contribution in [0.25, 0.3) is 10.9 Å². The van der Waals surface area contributed by atoms with Gasteiger partial charge in [0, 0.05) is 34.3 Å². The molecule has 5 heteroatoms. The zero-order chi connectivity index (χ0) is 16.7. The fourth-order valence-corrected chi connectivity index (χ4v) is 3.41. The van der Waals surface area contributed by atoms with E-state index >= 15 is 0 Å². The number of carbonyl (C=O) groups is 1. The zero-order valence-corrected chi connectivity index (χ0v) is 12.9. The number of halogens is 2. The lowest BCUT2D eigenvalue weighted by atomic mass is 9.86. The molecule has 122 valence electrons. The first-order valence-electron chi connectivity index (χ1n) is 7.96. The first-order chi connectivity index (χ1) is 11.6. The van der Waals surface area contributed by atoms with E-state index in [1.807, 2.05) is 18.2 Å². The molecule has 2 N–H and O–H groups in total. The van der Waals surface area contributed by atoms with Gasteiger partial charge in [0.2, 0.25) is 5.91 Å². The number of rotatable bonds is 2. The molecule has 0 saturated carbocycles. The van der Waals surface area contributed by atoms with Crippen molar-refractivity contribution in [2.45, 2.75) is 19.3 Å². The number of fused-ring (bicyclic) bond motifs is 3. The summed E-state index contributed by atoms with van der Waals surface area (Å²) in [6, 6.07) is 11.5. The molecular formula is C19H16F2N2O. The third-order valence-electron chi connectivity index (χ3n) is 4.65. The van der Waals surface area contributed by atoms with Crippen LogP contribution in [-0.4, -0.2) is 10.9 Å². The topological polar surface area (TPSA) is 44.9 Å². The molecule has 2 aromatic carbocycles. The summed E-state index contributed by atoms with van der Waals surface area (Å²) in [5.41, 5.74) is 3.74. The van der Waals surface area contributed by atoms with Gasteiger partial charge in [0.25, 0.3) is 0 Å². The van der Waals surface area contributed by atoms with Crippen molar-refractivity contribution in [3.63, 3.8) is 0 Å². The molecule has 0 fully saturated rings. The molecule has 1 atom stereocenters. The number of aromatic nitrogens is 1. The highest BCUT2D eigenvalue weighted by Gasteiger charge is 2.27. The van der Waals surface area contributed by atoms with Crippen LogP contribution in [0.15, 0.2) is 42.5 Å². The monoisotopic (exact) mass is 326 g/mol. The molecule has 24 heavy (non-hydrogen) atoms.